The third-order valence-corrected chi connectivity index (χ3v) is 1.35. The van der Waals surface area contributed by atoms with Gasteiger partial charge in [0.05, 0.1) is 0 Å². The quantitative estimate of drug-likeness (QED) is 0.701. The predicted molar refractivity (Wildman–Crippen MR) is 49.0 cm³/mol. The lowest BCUT2D eigenvalue weighted by molar-refractivity contribution is -0.122. The topological polar surface area (TPSA) is 60.7 Å². The van der Waals surface area contributed by atoms with Crippen molar-refractivity contribution in [3.8, 4) is 0 Å². The number of nitrogens with zero attached hydrogens (tertiary/aromatic N) is 4. The average molecular weight is 184 g/mol. The first-order valence-corrected chi connectivity index (χ1v) is 4.43. The number of aromatic nitrogens is 4. The van der Waals surface area contributed by atoms with E-state index in [0.717, 1.165) is 0 Å². The van der Waals surface area contributed by atoms with Gasteiger partial charge >= 0.3 is 0 Å². The third kappa shape index (κ3) is 4.35. The average Bonchev–Trinajstić information content (AvgIpc) is 2.60. The van der Waals surface area contributed by atoms with Gasteiger partial charge in [0.25, 0.3) is 0 Å². The zero-order valence-electron chi connectivity index (χ0n) is 8.56. The fourth-order valence-electron chi connectivity index (χ4n) is 0.595. The normalized spacial score (nSPS) is 9.31. The summed E-state index contributed by atoms with van der Waals surface area (Å²) < 4.78 is 1.42. The van der Waals surface area contributed by atoms with Crippen LogP contribution in [0.3, 0.4) is 0 Å². The summed E-state index contributed by atoms with van der Waals surface area (Å²) in [5.74, 6) is 0.177. The molecule has 0 aliphatic heterocycles. The van der Waals surface area contributed by atoms with Crippen LogP contribution in [0.25, 0.3) is 0 Å². The Morgan fingerprint density at radius 3 is 2.46 bits per heavy atom. The molecule has 0 amide bonds. The molecule has 0 unspecified atom stereocenters. The van der Waals surface area contributed by atoms with Crippen LogP contribution in [0.15, 0.2) is 6.33 Å². The van der Waals surface area contributed by atoms with Gasteiger partial charge in [0.15, 0.2) is 5.78 Å². The molecular formula is C8H16N4O. The predicted octanol–water partition coefficient (Wildman–Crippen LogP) is 0.924. The molecule has 1 rings (SSSR count). The van der Waals surface area contributed by atoms with Gasteiger partial charge in [0, 0.05) is 5.92 Å². The Labute approximate surface area is 78.1 Å². The van der Waals surface area contributed by atoms with E-state index in [1.165, 1.54) is 11.0 Å². The minimum absolute atomic E-state index is 0.0409. The number of rotatable bonds is 3. The number of hydrogen-bond acceptors (Lipinski definition) is 4. The van der Waals surface area contributed by atoms with Gasteiger partial charge in [0.2, 0.25) is 0 Å². The van der Waals surface area contributed by atoms with E-state index in [0.29, 0.717) is 0 Å². The van der Waals surface area contributed by atoms with Crippen LogP contribution in [-0.4, -0.2) is 26.0 Å². The molecule has 0 aromatic carbocycles. The van der Waals surface area contributed by atoms with Crippen molar-refractivity contribution in [2.24, 2.45) is 5.92 Å². The highest BCUT2D eigenvalue weighted by Gasteiger charge is 2.07. The third-order valence-electron chi connectivity index (χ3n) is 1.35. The van der Waals surface area contributed by atoms with Gasteiger partial charge in [0.1, 0.15) is 12.9 Å². The molecule has 1 heterocycles. The molecule has 0 fully saturated rings. The largest absolute Gasteiger partial charge is 0.297 e. The summed E-state index contributed by atoms with van der Waals surface area (Å²) in [5, 5.41) is 10.4. The maximum absolute atomic E-state index is 11.1. The SMILES string of the molecule is CC.CC(C)C(=O)Cn1cnnn1. The van der Waals surface area contributed by atoms with Crippen molar-refractivity contribution >= 4 is 5.78 Å². The number of hydrogen-bond donors (Lipinski definition) is 0. The molecule has 0 N–H and O–H groups in total. The van der Waals surface area contributed by atoms with Gasteiger partial charge in [-0.05, 0) is 10.4 Å². The second-order valence-corrected chi connectivity index (χ2v) is 2.63. The number of carbonyl (C=O) groups excluding carboxylic acids is 1. The van der Waals surface area contributed by atoms with E-state index in [1.807, 2.05) is 27.7 Å². The second kappa shape index (κ2) is 6.28. The smallest absolute Gasteiger partial charge is 0.156 e. The lowest BCUT2D eigenvalue weighted by atomic mass is 10.1. The van der Waals surface area contributed by atoms with E-state index in [1.54, 1.807) is 0 Å². The summed E-state index contributed by atoms with van der Waals surface area (Å²) in [7, 11) is 0. The minimum atomic E-state index is 0.0409. The fraction of sp³-hybridized carbons (Fsp3) is 0.750. The summed E-state index contributed by atoms with van der Waals surface area (Å²) in [5.41, 5.74) is 0. The molecule has 0 atom stereocenters. The molecule has 0 saturated carbocycles. The Morgan fingerprint density at radius 2 is 2.08 bits per heavy atom. The van der Waals surface area contributed by atoms with Crippen molar-refractivity contribution < 1.29 is 4.79 Å². The summed E-state index contributed by atoms with van der Waals surface area (Å²) in [6, 6.07) is 0. The minimum Gasteiger partial charge on any atom is -0.297 e. The van der Waals surface area contributed by atoms with Gasteiger partial charge < -0.3 is 0 Å². The maximum Gasteiger partial charge on any atom is 0.156 e. The first-order valence-electron chi connectivity index (χ1n) is 4.43. The van der Waals surface area contributed by atoms with Crippen LogP contribution in [0.4, 0.5) is 0 Å². The molecule has 5 nitrogen and oxygen atoms in total. The van der Waals surface area contributed by atoms with Gasteiger partial charge in [-0.3, -0.25) is 4.79 Å². The molecule has 1 aromatic rings. The van der Waals surface area contributed by atoms with Crippen LogP contribution in [0.2, 0.25) is 0 Å². The Kier molecular flexibility index (Phi) is 5.67. The molecule has 13 heavy (non-hydrogen) atoms. The van der Waals surface area contributed by atoms with E-state index in [4.69, 9.17) is 0 Å². The monoisotopic (exact) mass is 184 g/mol. The van der Waals surface area contributed by atoms with Crippen molar-refractivity contribution in [1.82, 2.24) is 20.2 Å². The summed E-state index contributed by atoms with van der Waals surface area (Å²) in [4.78, 5) is 11.1. The first-order chi connectivity index (χ1) is 6.20. The van der Waals surface area contributed by atoms with Crippen molar-refractivity contribution in [3.05, 3.63) is 6.33 Å². The molecule has 5 heteroatoms. The summed E-state index contributed by atoms with van der Waals surface area (Å²) in [6.07, 6.45) is 1.43. The summed E-state index contributed by atoms with van der Waals surface area (Å²) >= 11 is 0. The van der Waals surface area contributed by atoms with Crippen molar-refractivity contribution in [1.29, 1.82) is 0 Å². The van der Waals surface area contributed by atoms with Crippen molar-refractivity contribution in [3.63, 3.8) is 0 Å². The van der Waals surface area contributed by atoms with Crippen molar-refractivity contribution in [2.45, 2.75) is 34.2 Å². The number of Topliss-reactive ketones (excluding diaryl/α,β-unsaturated/α-hetero) is 1. The molecule has 0 spiro atoms. The number of carbonyl (C=O) groups is 1. The first kappa shape index (κ1) is 11.7. The molecule has 0 saturated heterocycles. The highest BCUT2D eigenvalue weighted by molar-refractivity contribution is 5.79. The molecule has 0 aliphatic rings. The lowest BCUT2D eigenvalue weighted by Gasteiger charge is -2.01. The Morgan fingerprint density at radius 1 is 1.46 bits per heavy atom. The number of tetrazole rings is 1. The summed E-state index contributed by atoms with van der Waals surface area (Å²) in [6.45, 7) is 7.98. The Hall–Kier alpha value is -1.26. The van der Waals surface area contributed by atoms with Gasteiger partial charge in [-0.15, -0.1) is 5.10 Å². The van der Waals surface area contributed by atoms with Crippen LogP contribution in [0.5, 0.6) is 0 Å². The molecule has 1 aromatic heterocycles. The van der Waals surface area contributed by atoms with E-state index >= 15 is 0 Å². The molecule has 0 aliphatic carbocycles. The van der Waals surface area contributed by atoms with Crippen LogP contribution >= 0.6 is 0 Å². The Balaban J connectivity index is 0.000000671. The fourth-order valence-corrected chi connectivity index (χ4v) is 0.595. The molecule has 0 bridgehead atoms. The van der Waals surface area contributed by atoms with E-state index in [-0.39, 0.29) is 18.2 Å². The second-order valence-electron chi connectivity index (χ2n) is 2.63. The maximum atomic E-state index is 11.1. The van der Waals surface area contributed by atoms with E-state index in [2.05, 4.69) is 15.5 Å². The lowest BCUT2D eigenvalue weighted by Crippen LogP contribution is -2.15. The van der Waals surface area contributed by atoms with E-state index < -0.39 is 0 Å². The van der Waals surface area contributed by atoms with Gasteiger partial charge in [-0.1, -0.05) is 27.7 Å². The number of ketones is 1. The van der Waals surface area contributed by atoms with Crippen molar-refractivity contribution in [2.75, 3.05) is 0 Å². The van der Waals surface area contributed by atoms with Crippen LogP contribution in [0.1, 0.15) is 27.7 Å². The zero-order valence-corrected chi connectivity index (χ0v) is 8.56. The van der Waals surface area contributed by atoms with Crippen LogP contribution < -0.4 is 0 Å². The standard InChI is InChI=1S/C6H10N4O.C2H6/c1-5(2)6(11)3-10-4-7-8-9-10;1-2/h4-5H,3H2,1-2H3;1-2H3. The van der Waals surface area contributed by atoms with Crippen LogP contribution in [-0.2, 0) is 11.3 Å². The highest BCUT2D eigenvalue weighted by atomic mass is 16.1. The highest BCUT2D eigenvalue weighted by Crippen LogP contribution is 1.95. The van der Waals surface area contributed by atoms with Gasteiger partial charge in [-0.2, -0.15) is 0 Å². The molecule has 74 valence electrons. The van der Waals surface area contributed by atoms with Gasteiger partial charge in [-0.25, -0.2) is 4.68 Å². The Bertz CT molecular complexity index is 230. The van der Waals surface area contributed by atoms with Crippen LogP contribution in [0, 0.1) is 5.92 Å². The molecular weight excluding hydrogens is 168 g/mol. The molecule has 0 radical (unpaired) electrons. The van der Waals surface area contributed by atoms with E-state index in [9.17, 15) is 4.79 Å². The zero-order chi connectivity index (χ0) is 10.3.